The van der Waals surface area contributed by atoms with E-state index in [2.05, 4.69) is 15.9 Å². The lowest BCUT2D eigenvalue weighted by atomic mass is 10.0. The minimum absolute atomic E-state index is 0.0621. The van der Waals surface area contributed by atoms with Gasteiger partial charge in [-0.05, 0) is 32.0 Å². The molecule has 0 aliphatic carbocycles. The molecule has 0 unspecified atom stereocenters. The van der Waals surface area contributed by atoms with Crippen LogP contribution >= 0.6 is 0 Å². The Bertz CT molecular complexity index is 451. The molecule has 0 saturated carbocycles. The SMILES string of the molecule is COc1cccc(N2CCCN(CCO)CC2)c1[C@@H](C)N. The fourth-order valence-electron chi connectivity index (χ4n) is 3.02. The van der Waals surface area contributed by atoms with Crippen molar-refractivity contribution in [2.45, 2.75) is 19.4 Å². The molecule has 1 aliphatic heterocycles. The van der Waals surface area contributed by atoms with Crippen molar-refractivity contribution in [3.63, 3.8) is 0 Å². The van der Waals surface area contributed by atoms with E-state index < -0.39 is 0 Å². The first-order valence-corrected chi connectivity index (χ1v) is 7.68. The first-order chi connectivity index (χ1) is 10.2. The van der Waals surface area contributed by atoms with Crippen molar-refractivity contribution in [1.82, 2.24) is 4.90 Å². The number of hydrogen-bond donors (Lipinski definition) is 2. The molecule has 0 spiro atoms. The Balaban J connectivity index is 2.21. The second-order valence-corrected chi connectivity index (χ2v) is 5.59. The lowest BCUT2D eigenvalue weighted by Gasteiger charge is -2.28. The highest BCUT2D eigenvalue weighted by molar-refractivity contribution is 5.60. The molecule has 118 valence electrons. The van der Waals surface area contributed by atoms with Crippen LogP contribution in [0.3, 0.4) is 0 Å². The quantitative estimate of drug-likeness (QED) is 0.855. The van der Waals surface area contributed by atoms with Gasteiger partial charge in [0.1, 0.15) is 5.75 Å². The Labute approximate surface area is 127 Å². The van der Waals surface area contributed by atoms with Crippen molar-refractivity contribution in [3.05, 3.63) is 23.8 Å². The Morgan fingerprint density at radius 2 is 2.10 bits per heavy atom. The van der Waals surface area contributed by atoms with Crippen LogP contribution in [0.25, 0.3) is 0 Å². The van der Waals surface area contributed by atoms with E-state index in [4.69, 9.17) is 15.6 Å². The summed E-state index contributed by atoms with van der Waals surface area (Å²) in [5, 5.41) is 9.09. The van der Waals surface area contributed by atoms with Crippen LogP contribution in [0.5, 0.6) is 5.75 Å². The zero-order valence-electron chi connectivity index (χ0n) is 13.1. The third kappa shape index (κ3) is 3.87. The molecule has 1 fully saturated rings. The number of nitrogens with zero attached hydrogens (tertiary/aromatic N) is 2. The van der Waals surface area contributed by atoms with Crippen LogP contribution in [-0.4, -0.2) is 56.4 Å². The molecule has 1 atom stereocenters. The molecule has 3 N–H and O–H groups in total. The molecule has 0 radical (unpaired) electrons. The van der Waals surface area contributed by atoms with Crippen LogP contribution in [0.2, 0.25) is 0 Å². The van der Waals surface area contributed by atoms with Gasteiger partial charge < -0.3 is 20.5 Å². The fraction of sp³-hybridized carbons (Fsp3) is 0.625. The highest BCUT2D eigenvalue weighted by Crippen LogP contribution is 2.34. The van der Waals surface area contributed by atoms with Crippen LogP contribution in [0.15, 0.2) is 18.2 Å². The molecule has 21 heavy (non-hydrogen) atoms. The van der Waals surface area contributed by atoms with E-state index in [-0.39, 0.29) is 12.6 Å². The van der Waals surface area contributed by atoms with Gasteiger partial charge in [-0.25, -0.2) is 0 Å². The van der Waals surface area contributed by atoms with Gasteiger partial charge in [0.2, 0.25) is 0 Å². The van der Waals surface area contributed by atoms with Gasteiger partial charge >= 0.3 is 0 Å². The predicted octanol–water partition coefficient (Wildman–Crippen LogP) is 1.22. The summed E-state index contributed by atoms with van der Waals surface area (Å²) in [5.74, 6) is 0.860. The van der Waals surface area contributed by atoms with Crippen molar-refractivity contribution in [3.8, 4) is 5.75 Å². The topological polar surface area (TPSA) is 62.0 Å². The van der Waals surface area contributed by atoms with Crippen molar-refractivity contribution < 1.29 is 9.84 Å². The molecule has 5 nitrogen and oxygen atoms in total. The summed E-state index contributed by atoms with van der Waals surface area (Å²) >= 11 is 0. The number of hydrogen-bond acceptors (Lipinski definition) is 5. The van der Waals surface area contributed by atoms with E-state index in [1.165, 1.54) is 5.69 Å². The number of β-amino-alcohol motifs (C(OH)–C–C–N with tert-alkyl or cyclic N) is 1. The van der Waals surface area contributed by atoms with Gasteiger partial charge in [-0.15, -0.1) is 0 Å². The molecule has 0 bridgehead atoms. The largest absolute Gasteiger partial charge is 0.496 e. The number of aliphatic hydroxyl groups is 1. The fourth-order valence-corrected chi connectivity index (χ4v) is 3.02. The number of aliphatic hydroxyl groups excluding tert-OH is 1. The van der Waals surface area contributed by atoms with Crippen molar-refractivity contribution in [2.24, 2.45) is 5.73 Å². The molecule has 5 heteroatoms. The van der Waals surface area contributed by atoms with Gasteiger partial charge in [0.15, 0.2) is 0 Å². The molecule has 1 aromatic carbocycles. The highest BCUT2D eigenvalue weighted by Gasteiger charge is 2.20. The standard InChI is InChI=1S/C16H27N3O2/c1-13(17)16-14(5-3-6-15(16)21-2)19-8-4-7-18(9-10-19)11-12-20/h3,5-6,13,20H,4,7-12,17H2,1-2H3/t13-/m1/s1. The van der Waals surface area contributed by atoms with Gasteiger partial charge in [-0.2, -0.15) is 0 Å². The first kappa shape index (κ1) is 16.1. The molecule has 1 aliphatic rings. The predicted molar refractivity (Wildman–Crippen MR) is 86.0 cm³/mol. The van der Waals surface area contributed by atoms with Gasteiger partial charge in [-0.3, -0.25) is 4.90 Å². The monoisotopic (exact) mass is 293 g/mol. The zero-order chi connectivity index (χ0) is 15.2. The van der Waals surface area contributed by atoms with Crippen molar-refractivity contribution in [1.29, 1.82) is 0 Å². The number of anilines is 1. The lowest BCUT2D eigenvalue weighted by molar-refractivity contribution is 0.204. The molecule has 1 saturated heterocycles. The summed E-state index contributed by atoms with van der Waals surface area (Å²) in [6.07, 6.45) is 1.09. The average molecular weight is 293 g/mol. The van der Waals surface area contributed by atoms with Crippen LogP contribution in [0.1, 0.15) is 24.9 Å². The van der Waals surface area contributed by atoms with Crippen molar-refractivity contribution >= 4 is 5.69 Å². The molecule has 1 aromatic rings. The molecular weight excluding hydrogens is 266 g/mol. The van der Waals surface area contributed by atoms with Gasteiger partial charge in [0.25, 0.3) is 0 Å². The second-order valence-electron chi connectivity index (χ2n) is 5.59. The lowest BCUT2D eigenvalue weighted by Crippen LogP contribution is -2.33. The Kier molecular flexibility index (Phi) is 5.85. The van der Waals surface area contributed by atoms with Crippen LogP contribution < -0.4 is 15.4 Å². The van der Waals surface area contributed by atoms with E-state index in [1.54, 1.807) is 7.11 Å². The van der Waals surface area contributed by atoms with Crippen molar-refractivity contribution in [2.75, 3.05) is 51.3 Å². The Morgan fingerprint density at radius 3 is 2.76 bits per heavy atom. The number of ether oxygens (including phenoxy) is 1. The van der Waals surface area contributed by atoms with E-state index in [0.29, 0.717) is 0 Å². The maximum Gasteiger partial charge on any atom is 0.125 e. The summed E-state index contributed by atoms with van der Waals surface area (Å²) in [7, 11) is 1.69. The first-order valence-electron chi connectivity index (χ1n) is 7.68. The molecule has 0 aromatic heterocycles. The van der Waals surface area contributed by atoms with Crippen LogP contribution in [0.4, 0.5) is 5.69 Å². The molecule has 1 heterocycles. The van der Waals surface area contributed by atoms with E-state index >= 15 is 0 Å². The van der Waals surface area contributed by atoms with E-state index in [9.17, 15) is 0 Å². The van der Waals surface area contributed by atoms with Crippen LogP contribution in [0, 0.1) is 0 Å². The summed E-state index contributed by atoms with van der Waals surface area (Å²) < 4.78 is 5.48. The Hall–Kier alpha value is -1.30. The van der Waals surface area contributed by atoms with Gasteiger partial charge in [0, 0.05) is 43.5 Å². The number of benzene rings is 1. The summed E-state index contributed by atoms with van der Waals surface area (Å²) in [6.45, 7) is 6.94. The van der Waals surface area contributed by atoms with E-state index in [0.717, 1.165) is 50.5 Å². The average Bonchev–Trinajstić information content (AvgIpc) is 2.72. The maximum absolute atomic E-state index is 9.09. The minimum atomic E-state index is -0.0621. The Morgan fingerprint density at radius 1 is 1.29 bits per heavy atom. The smallest absolute Gasteiger partial charge is 0.125 e. The number of rotatable bonds is 5. The second kappa shape index (κ2) is 7.64. The zero-order valence-corrected chi connectivity index (χ0v) is 13.1. The van der Waals surface area contributed by atoms with Gasteiger partial charge in [0.05, 0.1) is 13.7 Å². The van der Waals surface area contributed by atoms with E-state index in [1.807, 2.05) is 19.1 Å². The highest BCUT2D eigenvalue weighted by atomic mass is 16.5. The normalized spacial score (nSPS) is 18.4. The number of methoxy groups -OCH3 is 1. The third-order valence-corrected chi connectivity index (χ3v) is 4.06. The third-order valence-electron chi connectivity index (χ3n) is 4.06. The van der Waals surface area contributed by atoms with Crippen LogP contribution in [-0.2, 0) is 0 Å². The number of nitrogens with two attached hydrogens (primary N) is 1. The maximum atomic E-state index is 9.09. The molecule has 0 amide bonds. The minimum Gasteiger partial charge on any atom is -0.496 e. The molecular formula is C16H27N3O2. The summed E-state index contributed by atoms with van der Waals surface area (Å²) in [4.78, 5) is 4.70. The summed E-state index contributed by atoms with van der Waals surface area (Å²) in [6, 6.07) is 6.06. The van der Waals surface area contributed by atoms with Gasteiger partial charge in [-0.1, -0.05) is 6.07 Å². The molecule has 2 rings (SSSR count). The summed E-state index contributed by atoms with van der Waals surface area (Å²) in [5.41, 5.74) is 8.42.